The van der Waals surface area contributed by atoms with E-state index in [9.17, 15) is 0 Å². The minimum atomic E-state index is 0.464. The van der Waals surface area contributed by atoms with Gasteiger partial charge in [-0.3, -0.25) is 0 Å². The summed E-state index contributed by atoms with van der Waals surface area (Å²) in [4.78, 5) is 4.29. The zero-order valence-electron chi connectivity index (χ0n) is 9.25. The summed E-state index contributed by atoms with van der Waals surface area (Å²) < 4.78 is 10.4. The maximum Gasteiger partial charge on any atom is 0.258 e. The van der Waals surface area contributed by atoms with Gasteiger partial charge in [-0.25, -0.2) is 0 Å². The highest BCUT2D eigenvalue weighted by molar-refractivity contribution is 5.57. The highest BCUT2D eigenvalue weighted by Gasteiger charge is 2.12. The molecule has 0 amide bonds. The predicted octanol–water partition coefficient (Wildman–Crippen LogP) is 3.31. The zero-order valence-corrected chi connectivity index (χ0v) is 9.25. The smallest absolute Gasteiger partial charge is 0.258 e. The third-order valence-electron chi connectivity index (χ3n) is 2.43. The first-order chi connectivity index (χ1) is 8.33. The van der Waals surface area contributed by atoms with E-state index in [0.717, 1.165) is 11.1 Å². The van der Waals surface area contributed by atoms with E-state index in [4.69, 9.17) is 8.94 Å². The van der Waals surface area contributed by atoms with E-state index in [2.05, 4.69) is 10.1 Å². The summed E-state index contributed by atoms with van der Waals surface area (Å²) in [5.41, 5.74) is 2.07. The molecular weight excluding hydrogens is 216 g/mol. The van der Waals surface area contributed by atoms with Crippen molar-refractivity contribution in [2.24, 2.45) is 0 Å². The molecule has 0 saturated carbocycles. The van der Waals surface area contributed by atoms with Gasteiger partial charge in [0.25, 0.3) is 5.89 Å². The number of hydrogen-bond donors (Lipinski definition) is 0. The van der Waals surface area contributed by atoms with Gasteiger partial charge in [0.05, 0.1) is 6.26 Å². The molecule has 3 rings (SSSR count). The Hall–Kier alpha value is -2.36. The van der Waals surface area contributed by atoms with Crippen LogP contribution in [0.3, 0.4) is 0 Å². The van der Waals surface area contributed by atoms with Crippen molar-refractivity contribution in [3.8, 4) is 23.0 Å². The van der Waals surface area contributed by atoms with Crippen LogP contribution in [0.15, 0.2) is 51.6 Å². The molecule has 0 N–H and O–H groups in total. The first kappa shape index (κ1) is 9.84. The Bertz CT molecular complexity index is 626. The Kier molecular flexibility index (Phi) is 2.26. The van der Waals surface area contributed by atoms with Crippen LogP contribution in [-0.2, 0) is 0 Å². The maximum atomic E-state index is 5.21. The summed E-state index contributed by atoms with van der Waals surface area (Å²) in [7, 11) is 0. The van der Waals surface area contributed by atoms with E-state index in [1.54, 1.807) is 18.4 Å². The summed E-state index contributed by atoms with van der Waals surface area (Å²) in [6.45, 7) is 2.02. The van der Waals surface area contributed by atoms with Gasteiger partial charge < -0.3 is 8.94 Å². The van der Waals surface area contributed by atoms with Gasteiger partial charge >= 0.3 is 0 Å². The number of furan rings is 1. The lowest BCUT2D eigenvalue weighted by molar-refractivity contribution is 0.429. The summed E-state index contributed by atoms with van der Waals surface area (Å²) >= 11 is 0. The van der Waals surface area contributed by atoms with E-state index < -0.39 is 0 Å². The molecule has 0 radical (unpaired) electrons. The van der Waals surface area contributed by atoms with Crippen molar-refractivity contribution in [2.75, 3.05) is 0 Å². The van der Waals surface area contributed by atoms with E-state index in [1.165, 1.54) is 0 Å². The molecule has 0 unspecified atom stereocenters. The molecule has 3 aromatic rings. The van der Waals surface area contributed by atoms with Crippen molar-refractivity contribution in [3.05, 3.63) is 48.2 Å². The Morgan fingerprint density at radius 1 is 1.12 bits per heavy atom. The fraction of sp³-hybridized carbons (Fsp3) is 0.0769. The molecule has 0 aliphatic heterocycles. The van der Waals surface area contributed by atoms with E-state index >= 15 is 0 Å². The van der Waals surface area contributed by atoms with Crippen LogP contribution in [0.1, 0.15) is 5.56 Å². The zero-order chi connectivity index (χ0) is 11.7. The number of aryl methyl sites for hydroxylation is 1. The van der Waals surface area contributed by atoms with E-state index in [1.807, 2.05) is 31.2 Å². The SMILES string of the molecule is Cc1cccc(-c2nc(-c3ccco3)no2)c1. The Balaban J connectivity index is 2.01. The molecule has 4 heteroatoms. The summed E-state index contributed by atoms with van der Waals surface area (Å²) in [6, 6.07) is 11.5. The maximum absolute atomic E-state index is 5.21. The van der Waals surface area contributed by atoms with Gasteiger partial charge in [0.15, 0.2) is 5.76 Å². The quantitative estimate of drug-likeness (QED) is 0.672. The first-order valence-electron chi connectivity index (χ1n) is 5.27. The van der Waals surface area contributed by atoms with Crippen molar-refractivity contribution in [3.63, 3.8) is 0 Å². The standard InChI is InChI=1S/C13H10N2O2/c1-9-4-2-5-10(8-9)13-14-12(15-17-13)11-6-3-7-16-11/h2-8H,1H3. The lowest BCUT2D eigenvalue weighted by Gasteiger charge is -1.94. The predicted molar refractivity (Wildman–Crippen MR) is 62.2 cm³/mol. The largest absolute Gasteiger partial charge is 0.461 e. The highest BCUT2D eigenvalue weighted by atomic mass is 16.5. The van der Waals surface area contributed by atoms with Gasteiger partial charge in [-0.2, -0.15) is 4.98 Å². The fourth-order valence-electron chi connectivity index (χ4n) is 1.62. The Morgan fingerprint density at radius 2 is 2.06 bits per heavy atom. The van der Waals surface area contributed by atoms with Crippen molar-refractivity contribution in [1.29, 1.82) is 0 Å². The topological polar surface area (TPSA) is 52.1 Å². The average Bonchev–Trinajstić information content (AvgIpc) is 3.00. The summed E-state index contributed by atoms with van der Waals surface area (Å²) in [5, 5.41) is 3.88. The molecule has 2 heterocycles. The van der Waals surface area contributed by atoms with Crippen molar-refractivity contribution < 1.29 is 8.94 Å². The van der Waals surface area contributed by atoms with Crippen molar-refractivity contribution in [1.82, 2.24) is 10.1 Å². The van der Waals surface area contributed by atoms with Crippen molar-refractivity contribution >= 4 is 0 Å². The van der Waals surface area contributed by atoms with Crippen LogP contribution in [0, 0.1) is 6.92 Å². The molecule has 0 spiro atoms. The van der Waals surface area contributed by atoms with Crippen LogP contribution in [-0.4, -0.2) is 10.1 Å². The van der Waals surface area contributed by atoms with Gasteiger partial charge in [0.1, 0.15) is 0 Å². The second-order valence-electron chi connectivity index (χ2n) is 3.77. The van der Waals surface area contributed by atoms with Gasteiger partial charge in [-0.05, 0) is 31.2 Å². The van der Waals surface area contributed by atoms with Crippen LogP contribution in [0.4, 0.5) is 0 Å². The first-order valence-corrected chi connectivity index (χ1v) is 5.27. The molecule has 0 atom stereocenters. The Morgan fingerprint density at radius 3 is 2.82 bits per heavy atom. The van der Waals surface area contributed by atoms with Gasteiger partial charge in [0, 0.05) is 5.56 Å². The van der Waals surface area contributed by atoms with Crippen LogP contribution in [0.25, 0.3) is 23.0 Å². The van der Waals surface area contributed by atoms with Crippen LogP contribution in [0.5, 0.6) is 0 Å². The number of hydrogen-bond acceptors (Lipinski definition) is 4. The molecule has 2 aromatic heterocycles. The van der Waals surface area contributed by atoms with Crippen LogP contribution < -0.4 is 0 Å². The number of aromatic nitrogens is 2. The Labute approximate surface area is 97.9 Å². The van der Waals surface area contributed by atoms with E-state index in [0.29, 0.717) is 17.5 Å². The molecule has 17 heavy (non-hydrogen) atoms. The lowest BCUT2D eigenvalue weighted by atomic mass is 10.1. The third kappa shape index (κ3) is 1.85. The molecule has 1 aromatic carbocycles. The minimum Gasteiger partial charge on any atom is -0.461 e. The van der Waals surface area contributed by atoms with Crippen LogP contribution in [0.2, 0.25) is 0 Å². The molecular formula is C13H10N2O2. The fourth-order valence-corrected chi connectivity index (χ4v) is 1.62. The monoisotopic (exact) mass is 226 g/mol. The van der Waals surface area contributed by atoms with Gasteiger partial charge in [-0.1, -0.05) is 22.9 Å². The molecule has 0 bridgehead atoms. The lowest BCUT2D eigenvalue weighted by Crippen LogP contribution is -1.80. The van der Waals surface area contributed by atoms with Crippen LogP contribution >= 0.6 is 0 Å². The van der Waals surface area contributed by atoms with Gasteiger partial charge in [0.2, 0.25) is 5.82 Å². The summed E-state index contributed by atoms with van der Waals surface area (Å²) in [5.74, 6) is 1.57. The van der Waals surface area contributed by atoms with E-state index in [-0.39, 0.29) is 0 Å². The molecule has 0 saturated heterocycles. The molecule has 0 aliphatic carbocycles. The average molecular weight is 226 g/mol. The number of benzene rings is 1. The highest BCUT2D eigenvalue weighted by Crippen LogP contribution is 2.22. The molecule has 0 aliphatic rings. The minimum absolute atomic E-state index is 0.464. The normalized spacial score (nSPS) is 10.6. The number of nitrogens with zero attached hydrogens (tertiary/aromatic N) is 2. The molecule has 0 fully saturated rings. The summed E-state index contributed by atoms with van der Waals surface area (Å²) in [6.07, 6.45) is 1.58. The second kappa shape index (κ2) is 3.90. The molecule has 4 nitrogen and oxygen atoms in total. The number of rotatable bonds is 2. The van der Waals surface area contributed by atoms with Crippen molar-refractivity contribution in [2.45, 2.75) is 6.92 Å². The third-order valence-corrected chi connectivity index (χ3v) is 2.43. The molecule has 84 valence electrons. The van der Waals surface area contributed by atoms with Gasteiger partial charge in [-0.15, -0.1) is 0 Å². The second-order valence-corrected chi connectivity index (χ2v) is 3.77.